The molecular weight excluding hydrogens is 180 g/mol. The molecule has 5 nitrogen and oxygen atoms in total. The normalized spacial score (nSPS) is 20.9. The van der Waals surface area contributed by atoms with Gasteiger partial charge in [0.1, 0.15) is 12.0 Å². The van der Waals surface area contributed by atoms with Gasteiger partial charge in [0.15, 0.2) is 5.82 Å². The molecule has 0 aliphatic carbocycles. The average Bonchev–Trinajstić information content (AvgIpc) is 2.59. The number of aliphatic hydroxyl groups excluding tert-OH is 1. The van der Waals surface area contributed by atoms with Crippen molar-refractivity contribution in [2.24, 2.45) is 5.73 Å². The third-order valence-electron chi connectivity index (χ3n) is 2.52. The van der Waals surface area contributed by atoms with Crippen molar-refractivity contribution in [2.75, 3.05) is 6.61 Å². The van der Waals surface area contributed by atoms with Crippen LogP contribution in [-0.4, -0.2) is 26.5 Å². The summed E-state index contributed by atoms with van der Waals surface area (Å²) in [4.78, 5) is 4.40. The van der Waals surface area contributed by atoms with E-state index in [0.29, 0.717) is 0 Å². The molecule has 0 amide bonds. The van der Waals surface area contributed by atoms with Crippen LogP contribution in [-0.2, 0) is 12.8 Å². The topological polar surface area (TPSA) is 77.0 Å². The molecule has 0 radical (unpaired) electrons. The van der Waals surface area contributed by atoms with Crippen LogP contribution in [0.15, 0.2) is 0 Å². The number of hydrogen-bond donors (Lipinski definition) is 2. The Labute approximate surface area is 82.9 Å². The quantitative estimate of drug-likeness (QED) is 0.713. The van der Waals surface area contributed by atoms with E-state index in [1.165, 1.54) is 0 Å². The first-order valence-electron chi connectivity index (χ1n) is 5.12. The molecule has 0 spiro atoms. The Balaban J connectivity index is 2.13. The number of nitrogens with two attached hydrogens (primary N) is 1. The molecule has 1 aliphatic rings. The van der Waals surface area contributed by atoms with Crippen LogP contribution in [0.2, 0.25) is 0 Å². The number of nitrogens with zero attached hydrogens (tertiary/aromatic N) is 3. The van der Waals surface area contributed by atoms with Crippen LogP contribution in [0.1, 0.15) is 37.1 Å². The van der Waals surface area contributed by atoms with Gasteiger partial charge < -0.3 is 10.8 Å². The lowest BCUT2D eigenvalue weighted by atomic mass is 10.1. The average molecular weight is 196 g/mol. The minimum absolute atomic E-state index is 0.00544. The van der Waals surface area contributed by atoms with Gasteiger partial charge in [0.2, 0.25) is 0 Å². The fourth-order valence-electron chi connectivity index (χ4n) is 1.78. The molecule has 1 unspecified atom stereocenters. The van der Waals surface area contributed by atoms with Crippen molar-refractivity contribution in [1.82, 2.24) is 14.8 Å². The summed E-state index contributed by atoms with van der Waals surface area (Å²) in [6, 6.07) is 0. The number of fused-ring (bicyclic) bond motifs is 1. The summed E-state index contributed by atoms with van der Waals surface area (Å²) in [5.41, 5.74) is 5.90. The van der Waals surface area contributed by atoms with Gasteiger partial charge in [0.25, 0.3) is 0 Å². The van der Waals surface area contributed by atoms with E-state index >= 15 is 0 Å². The van der Waals surface area contributed by atoms with E-state index in [2.05, 4.69) is 10.1 Å². The summed E-state index contributed by atoms with van der Waals surface area (Å²) in [6.45, 7) is 0.190. The Hall–Kier alpha value is -0.940. The summed E-state index contributed by atoms with van der Waals surface area (Å²) in [5.74, 6) is 1.81. The number of aromatic nitrogens is 3. The highest BCUT2D eigenvalue weighted by atomic mass is 16.2. The molecule has 78 valence electrons. The van der Waals surface area contributed by atoms with Gasteiger partial charge in [0.05, 0.1) is 0 Å². The highest BCUT2D eigenvalue weighted by Gasteiger charge is 2.19. The van der Waals surface area contributed by atoms with E-state index in [9.17, 15) is 0 Å². The van der Waals surface area contributed by atoms with Gasteiger partial charge in [-0.3, -0.25) is 0 Å². The van der Waals surface area contributed by atoms with Crippen LogP contribution in [0.5, 0.6) is 0 Å². The maximum atomic E-state index is 8.70. The molecular formula is C9H16N4O. The molecule has 0 saturated carbocycles. The second kappa shape index (κ2) is 4.06. The number of rotatable bonds is 3. The zero-order valence-electron chi connectivity index (χ0n) is 8.19. The molecule has 1 aliphatic heterocycles. The van der Waals surface area contributed by atoms with E-state index < -0.39 is 0 Å². The summed E-state index contributed by atoms with van der Waals surface area (Å²) in [5, 5.41) is 13.0. The van der Waals surface area contributed by atoms with Crippen LogP contribution in [0, 0.1) is 0 Å². The smallest absolute Gasteiger partial charge is 0.151 e. The number of aliphatic hydroxyl groups is 1. The summed E-state index contributed by atoms with van der Waals surface area (Å²) in [6.07, 6.45) is 4.51. The van der Waals surface area contributed by atoms with Crippen molar-refractivity contribution in [3.63, 3.8) is 0 Å². The first-order valence-corrected chi connectivity index (χ1v) is 5.12. The van der Waals surface area contributed by atoms with Gasteiger partial charge in [-0.15, -0.1) is 0 Å². The molecule has 1 aromatic rings. The SMILES string of the molecule is NC1CCCc2nc(CCCO)nn21. The standard InChI is InChI=1S/C9H16N4O/c10-7-3-1-5-9-11-8(4-2-6-14)12-13(7)9/h7,14H,1-6,10H2. The Morgan fingerprint density at radius 1 is 1.57 bits per heavy atom. The monoisotopic (exact) mass is 196 g/mol. The van der Waals surface area contributed by atoms with Crippen molar-refractivity contribution in [2.45, 2.75) is 38.3 Å². The van der Waals surface area contributed by atoms with E-state index in [1.807, 2.05) is 4.68 Å². The van der Waals surface area contributed by atoms with Crippen LogP contribution >= 0.6 is 0 Å². The molecule has 1 aromatic heterocycles. The molecule has 5 heteroatoms. The first-order chi connectivity index (χ1) is 6.81. The third-order valence-corrected chi connectivity index (χ3v) is 2.52. The Kier molecular flexibility index (Phi) is 2.79. The van der Waals surface area contributed by atoms with E-state index in [1.54, 1.807) is 0 Å². The van der Waals surface area contributed by atoms with E-state index in [-0.39, 0.29) is 12.8 Å². The highest BCUT2D eigenvalue weighted by molar-refractivity contribution is 4.97. The molecule has 2 heterocycles. The third kappa shape index (κ3) is 1.78. The highest BCUT2D eigenvalue weighted by Crippen LogP contribution is 2.18. The number of hydrogen-bond acceptors (Lipinski definition) is 4. The predicted molar refractivity (Wildman–Crippen MR) is 51.6 cm³/mol. The molecule has 0 fully saturated rings. The molecule has 14 heavy (non-hydrogen) atoms. The summed E-state index contributed by atoms with van der Waals surface area (Å²) >= 11 is 0. The zero-order valence-corrected chi connectivity index (χ0v) is 8.19. The van der Waals surface area contributed by atoms with Crippen molar-refractivity contribution in [1.29, 1.82) is 0 Å². The van der Waals surface area contributed by atoms with Gasteiger partial charge in [-0.05, 0) is 19.3 Å². The summed E-state index contributed by atoms with van der Waals surface area (Å²) < 4.78 is 1.83. The molecule has 0 bridgehead atoms. The van der Waals surface area contributed by atoms with Crippen LogP contribution < -0.4 is 5.73 Å². The first kappa shape index (κ1) is 9.61. The van der Waals surface area contributed by atoms with Gasteiger partial charge in [-0.25, -0.2) is 9.67 Å². The molecule has 0 saturated heterocycles. The van der Waals surface area contributed by atoms with E-state index in [4.69, 9.17) is 10.8 Å². The predicted octanol–water partition coefficient (Wildman–Crippen LogP) is -0.00340. The number of aryl methyl sites for hydroxylation is 2. The maximum absolute atomic E-state index is 8.70. The van der Waals surface area contributed by atoms with Crippen LogP contribution in [0.4, 0.5) is 0 Å². The fraction of sp³-hybridized carbons (Fsp3) is 0.778. The Morgan fingerprint density at radius 2 is 2.43 bits per heavy atom. The second-order valence-corrected chi connectivity index (χ2v) is 3.68. The fourth-order valence-corrected chi connectivity index (χ4v) is 1.78. The molecule has 2 rings (SSSR count). The Morgan fingerprint density at radius 3 is 3.14 bits per heavy atom. The molecule has 0 aromatic carbocycles. The lowest BCUT2D eigenvalue weighted by molar-refractivity contribution is 0.287. The van der Waals surface area contributed by atoms with Crippen LogP contribution in [0.3, 0.4) is 0 Å². The second-order valence-electron chi connectivity index (χ2n) is 3.68. The van der Waals surface area contributed by atoms with Crippen LogP contribution in [0.25, 0.3) is 0 Å². The lowest BCUT2D eigenvalue weighted by Gasteiger charge is -2.18. The summed E-state index contributed by atoms with van der Waals surface area (Å²) in [7, 11) is 0. The Bertz CT molecular complexity index is 310. The van der Waals surface area contributed by atoms with Crippen molar-refractivity contribution >= 4 is 0 Å². The molecule has 1 atom stereocenters. The largest absolute Gasteiger partial charge is 0.396 e. The lowest BCUT2D eigenvalue weighted by Crippen LogP contribution is -2.25. The van der Waals surface area contributed by atoms with Crippen molar-refractivity contribution in [3.8, 4) is 0 Å². The van der Waals surface area contributed by atoms with Gasteiger partial charge in [-0.1, -0.05) is 0 Å². The van der Waals surface area contributed by atoms with Gasteiger partial charge in [0, 0.05) is 19.4 Å². The minimum atomic E-state index is -0.00544. The van der Waals surface area contributed by atoms with Crippen molar-refractivity contribution < 1.29 is 5.11 Å². The maximum Gasteiger partial charge on any atom is 0.151 e. The minimum Gasteiger partial charge on any atom is -0.396 e. The van der Waals surface area contributed by atoms with Gasteiger partial charge in [-0.2, -0.15) is 5.10 Å². The van der Waals surface area contributed by atoms with E-state index in [0.717, 1.165) is 43.8 Å². The van der Waals surface area contributed by atoms with Gasteiger partial charge >= 0.3 is 0 Å². The molecule has 3 N–H and O–H groups in total. The zero-order chi connectivity index (χ0) is 9.97. The van der Waals surface area contributed by atoms with Crippen molar-refractivity contribution in [3.05, 3.63) is 11.6 Å².